The van der Waals surface area contributed by atoms with Crippen LogP contribution >= 0.6 is 11.8 Å². The van der Waals surface area contributed by atoms with E-state index in [2.05, 4.69) is 6.58 Å². The number of nitro benzene ring substituents is 1. The Hall–Kier alpha value is -3.37. The number of nitrogens with zero attached hydrogens (tertiary/aromatic N) is 2. The minimum absolute atomic E-state index is 0.0359. The summed E-state index contributed by atoms with van der Waals surface area (Å²) in [6.45, 7) is 4.57. The summed E-state index contributed by atoms with van der Waals surface area (Å²) in [6.07, 6.45) is 2.49. The molecule has 1 saturated heterocycles. The number of carboxylic acid groups (broad SMARTS) is 1. The number of piperidine rings is 1. The van der Waals surface area contributed by atoms with Crippen molar-refractivity contribution < 1.29 is 29.4 Å². The number of carbonyl (C=O) groups excluding carboxylic acids is 1. The minimum atomic E-state index is -1.06. The van der Waals surface area contributed by atoms with Crippen LogP contribution in [0.5, 0.6) is 5.75 Å². The van der Waals surface area contributed by atoms with E-state index in [4.69, 9.17) is 9.78 Å². The van der Waals surface area contributed by atoms with Gasteiger partial charge in [0.15, 0.2) is 5.75 Å². The van der Waals surface area contributed by atoms with Crippen molar-refractivity contribution >= 4 is 34.9 Å². The average molecular weight is 471 g/mol. The molecule has 1 N–H and O–H groups in total. The number of fused-ring (bicyclic) bond motifs is 1. The highest BCUT2D eigenvalue weighted by Crippen LogP contribution is 2.39. The van der Waals surface area contributed by atoms with Gasteiger partial charge in [-0.2, -0.15) is 4.89 Å². The molecule has 1 atom stereocenters. The van der Waals surface area contributed by atoms with Crippen LogP contribution in [0.15, 0.2) is 52.8 Å². The summed E-state index contributed by atoms with van der Waals surface area (Å²) in [4.78, 5) is 48.4. The van der Waals surface area contributed by atoms with Gasteiger partial charge in [-0.05, 0) is 49.1 Å². The molecule has 0 bridgehead atoms. The van der Waals surface area contributed by atoms with Gasteiger partial charge in [0.2, 0.25) is 0 Å². The third-order valence-electron chi connectivity index (χ3n) is 5.67. The Morgan fingerprint density at radius 1 is 1.21 bits per heavy atom. The van der Waals surface area contributed by atoms with Crippen molar-refractivity contribution in [3.8, 4) is 5.75 Å². The molecule has 1 unspecified atom stereocenters. The zero-order valence-corrected chi connectivity index (χ0v) is 18.5. The fraction of sp³-hybridized carbons (Fsp3) is 0.304. The zero-order chi connectivity index (χ0) is 23.5. The van der Waals surface area contributed by atoms with Gasteiger partial charge in [-0.25, -0.2) is 4.79 Å². The van der Waals surface area contributed by atoms with Gasteiger partial charge >= 0.3 is 5.97 Å². The molecule has 1 amide bonds. The van der Waals surface area contributed by atoms with Crippen molar-refractivity contribution in [2.45, 2.75) is 41.5 Å². The van der Waals surface area contributed by atoms with E-state index in [1.165, 1.54) is 22.7 Å². The lowest BCUT2D eigenvalue weighted by atomic mass is 9.99. The van der Waals surface area contributed by atoms with E-state index in [9.17, 15) is 24.8 Å². The first-order chi connectivity index (χ1) is 15.8. The molecular weight excluding hydrogens is 448 g/mol. The first-order valence-corrected chi connectivity index (χ1v) is 11.3. The minimum Gasteiger partial charge on any atom is -0.480 e. The second-order valence-corrected chi connectivity index (χ2v) is 8.91. The van der Waals surface area contributed by atoms with Gasteiger partial charge in [0.1, 0.15) is 6.04 Å². The van der Waals surface area contributed by atoms with E-state index in [-0.39, 0.29) is 11.3 Å². The number of carboxylic acids is 1. The molecule has 4 rings (SSSR count). The van der Waals surface area contributed by atoms with Crippen LogP contribution in [0, 0.1) is 10.1 Å². The predicted molar refractivity (Wildman–Crippen MR) is 120 cm³/mol. The quantitative estimate of drug-likeness (QED) is 0.290. The van der Waals surface area contributed by atoms with Crippen LogP contribution in [0.1, 0.15) is 30.4 Å². The summed E-state index contributed by atoms with van der Waals surface area (Å²) in [5.74, 6) is -0.952. The Morgan fingerprint density at radius 3 is 2.79 bits per heavy atom. The zero-order valence-electron chi connectivity index (χ0n) is 17.7. The van der Waals surface area contributed by atoms with E-state index < -0.39 is 22.8 Å². The van der Waals surface area contributed by atoms with E-state index in [0.29, 0.717) is 48.6 Å². The molecule has 2 heterocycles. The number of amides is 1. The van der Waals surface area contributed by atoms with Crippen molar-refractivity contribution in [2.75, 3.05) is 13.2 Å². The highest BCUT2D eigenvalue weighted by atomic mass is 32.2. The highest BCUT2D eigenvalue weighted by Gasteiger charge is 2.33. The number of nitro groups is 1. The average Bonchev–Trinajstić information content (AvgIpc) is 2.83. The monoisotopic (exact) mass is 470 g/mol. The second-order valence-electron chi connectivity index (χ2n) is 7.79. The molecule has 10 heteroatoms. The summed E-state index contributed by atoms with van der Waals surface area (Å²) < 4.78 is 0. The van der Waals surface area contributed by atoms with E-state index in [0.717, 1.165) is 16.9 Å². The number of hydrogen-bond acceptors (Lipinski definition) is 7. The van der Waals surface area contributed by atoms with Gasteiger partial charge in [-0.1, -0.05) is 24.4 Å². The molecule has 0 radical (unpaired) electrons. The number of hydrogen-bond donors (Lipinski definition) is 1. The predicted octanol–water partition coefficient (Wildman–Crippen LogP) is 4.09. The van der Waals surface area contributed by atoms with Crippen LogP contribution in [0.25, 0.3) is 5.57 Å². The Kier molecular flexibility index (Phi) is 6.66. The maximum atomic E-state index is 13.0. The van der Waals surface area contributed by atoms with E-state index in [1.54, 1.807) is 24.3 Å². The summed E-state index contributed by atoms with van der Waals surface area (Å²) in [6, 6.07) is 9.05. The van der Waals surface area contributed by atoms with Crippen LogP contribution in [-0.4, -0.2) is 46.0 Å². The Bertz CT molecular complexity index is 1130. The maximum absolute atomic E-state index is 13.0. The lowest BCUT2D eigenvalue weighted by molar-refractivity contribution is -0.387. The molecule has 0 aliphatic carbocycles. The molecule has 2 aliphatic heterocycles. The molecule has 0 aromatic heterocycles. The third kappa shape index (κ3) is 4.86. The van der Waals surface area contributed by atoms with Crippen LogP contribution in [0.4, 0.5) is 5.69 Å². The molecule has 0 saturated carbocycles. The summed E-state index contributed by atoms with van der Waals surface area (Å²) in [5.41, 5.74) is 1.13. The smallest absolute Gasteiger partial charge is 0.326 e. The maximum Gasteiger partial charge on any atom is 0.326 e. The number of aliphatic carboxylic acids is 1. The number of carbonyl (C=O) groups is 2. The first kappa shape index (κ1) is 22.8. The molecular formula is C23H22N2O7S. The van der Waals surface area contributed by atoms with Crippen molar-refractivity contribution in [1.29, 1.82) is 0 Å². The number of likely N-dealkylation sites (tertiary alicyclic amines) is 1. The Morgan fingerprint density at radius 2 is 2.03 bits per heavy atom. The van der Waals surface area contributed by atoms with Crippen LogP contribution in [0.2, 0.25) is 0 Å². The number of rotatable bonds is 6. The van der Waals surface area contributed by atoms with E-state index >= 15 is 0 Å². The second kappa shape index (κ2) is 9.63. The van der Waals surface area contributed by atoms with E-state index in [1.807, 2.05) is 6.07 Å². The molecule has 0 spiro atoms. The molecule has 1 fully saturated rings. The van der Waals surface area contributed by atoms with Crippen LogP contribution < -0.4 is 4.89 Å². The number of benzene rings is 2. The fourth-order valence-corrected chi connectivity index (χ4v) is 4.91. The van der Waals surface area contributed by atoms with Gasteiger partial charge in [0.05, 0.1) is 16.4 Å². The van der Waals surface area contributed by atoms with Crippen molar-refractivity contribution in [2.24, 2.45) is 0 Å². The third-order valence-corrected chi connectivity index (χ3v) is 6.73. The van der Waals surface area contributed by atoms with Crippen LogP contribution in [-0.2, 0) is 20.9 Å². The first-order valence-electron chi connectivity index (χ1n) is 10.5. The molecule has 2 aromatic carbocycles. The molecule has 2 aliphatic rings. The summed E-state index contributed by atoms with van der Waals surface area (Å²) in [7, 11) is 0. The van der Waals surface area contributed by atoms with Crippen LogP contribution in [0.3, 0.4) is 0 Å². The highest BCUT2D eigenvalue weighted by molar-refractivity contribution is 7.99. The van der Waals surface area contributed by atoms with Crippen molar-refractivity contribution in [3.63, 3.8) is 0 Å². The largest absolute Gasteiger partial charge is 0.480 e. The molecule has 9 nitrogen and oxygen atoms in total. The standard InChI is InChI=1S/C23H22N2O7S/c1-14(22(26)24-10-3-2-4-18(24)23(27)28)15-5-8-21(19(13-15)25(29)30)33-17-6-7-20-16(12-17)9-11-31-32-20/h5-8,12-13,18H,1-4,9-11H2,(H,27,28). The normalized spacial score (nSPS) is 17.6. The molecule has 2 aromatic rings. The lowest BCUT2D eigenvalue weighted by Crippen LogP contribution is -2.48. The van der Waals surface area contributed by atoms with Gasteiger partial charge in [-0.3, -0.25) is 14.9 Å². The van der Waals surface area contributed by atoms with Gasteiger partial charge in [0, 0.05) is 35.1 Å². The lowest BCUT2D eigenvalue weighted by Gasteiger charge is -2.33. The van der Waals surface area contributed by atoms with Gasteiger partial charge in [-0.15, -0.1) is 0 Å². The molecule has 33 heavy (non-hydrogen) atoms. The van der Waals surface area contributed by atoms with Gasteiger partial charge < -0.3 is 14.9 Å². The van der Waals surface area contributed by atoms with Crippen molar-refractivity contribution in [1.82, 2.24) is 4.90 Å². The summed E-state index contributed by atoms with van der Waals surface area (Å²) >= 11 is 1.24. The molecule has 172 valence electrons. The summed E-state index contributed by atoms with van der Waals surface area (Å²) in [5, 5.41) is 21.2. The Balaban J connectivity index is 1.58. The Labute approximate surface area is 194 Å². The SMILES string of the molecule is C=C(C(=O)N1CCCCC1C(=O)O)c1ccc(Sc2ccc3c(c2)CCOO3)c([N+](=O)[O-])c1. The topological polar surface area (TPSA) is 119 Å². The van der Waals surface area contributed by atoms with Gasteiger partial charge in [0.25, 0.3) is 11.6 Å². The van der Waals surface area contributed by atoms with Crippen molar-refractivity contribution in [3.05, 3.63) is 64.2 Å². The fourth-order valence-electron chi connectivity index (χ4n) is 3.94.